The number of amides is 1. The lowest BCUT2D eigenvalue weighted by molar-refractivity contribution is -0.123. The Kier molecular flexibility index (Phi) is 9.21. The molecular formula is C21H25ClN2O3. The fourth-order valence-corrected chi connectivity index (χ4v) is 2.39. The van der Waals surface area contributed by atoms with E-state index >= 15 is 0 Å². The summed E-state index contributed by atoms with van der Waals surface area (Å²) >= 11 is 5.79. The van der Waals surface area contributed by atoms with Crippen LogP contribution in [0.25, 0.3) is 0 Å². The number of nitrogens with zero attached hydrogens (tertiary/aromatic N) is 1. The van der Waals surface area contributed by atoms with E-state index in [0.717, 1.165) is 24.3 Å². The Morgan fingerprint density at radius 3 is 2.37 bits per heavy atom. The molecule has 0 saturated carbocycles. The summed E-state index contributed by atoms with van der Waals surface area (Å²) in [6.45, 7) is 2.80. The maximum Gasteiger partial charge on any atom is 0.277 e. The van der Waals surface area contributed by atoms with Crippen molar-refractivity contribution in [2.75, 3.05) is 13.2 Å². The summed E-state index contributed by atoms with van der Waals surface area (Å²) in [5.41, 5.74) is 3.30. The van der Waals surface area contributed by atoms with E-state index in [-0.39, 0.29) is 12.5 Å². The summed E-state index contributed by atoms with van der Waals surface area (Å²) in [6.07, 6.45) is 6.31. The molecule has 0 spiro atoms. The molecule has 0 atom stereocenters. The lowest BCUT2D eigenvalue weighted by Crippen LogP contribution is -2.24. The van der Waals surface area contributed by atoms with Crippen LogP contribution in [-0.2, 0) is 4.79 Å². The second-order valence-corrected chi connectivity index (χ2v) is 6.45. The van der Waals surface area contributed by atoms with Crippen LogP contribution in [0, 0.1) is 0 Å². The van der Waals surface area contributed by atoms with Crippen molar-refractivity contribution in [2.45, 2.75) is 32.6 Å². The number of ether oxygens (including phenoxy) is 2. The zero-order valence-corrected chi connectivity index (χ0v) is 16.2. The third kappa shape index (κ3) is 8.60. The van der Waals surface area contributed by atoms with Gasteiger partial charge in [0.05, 0.1) is 12.8 Å². The predicted octanol–water partition coefficient (Wildman–Crippen LogP) is 4.83. The Labute approximate surface area is 165 Å². The highest BCUT2D eigenvalue weighted by Gasteiger charge is 2.01. The van der Waals surface area contributed by atoms with Gasteiger partial charge < -0.3 is 9.47 Å². The van der Waals surface area contributed by atoms with E-state index in [2.05, 4.69) is 17.5 Å². The Morgan fingerprint density at radius 2 is 1.67 bits per heavy atom. The van der Waals surface area contributed by atoms with Crippen molar-refractivity contribution < 1.29 is 14.3 Å². The molecule has 0 unspecified atom stereocenters. The number of benzene rings is 2. The number of hydrogen-bond acceptors (Lipinski definition) is 4. The van der Waals surface area contributed by atoms with Gasteiger partial charge in [0.25, 0.3) is 5.91 Å². The first-order chi connectivity index (χ1) is 13.2. The molecule has 0 bridgehead atoms. The highest BCUT2D eigenvalue weighted by atomic mass is 35.5. The minimum absolute atomic E-state index is 0.121. The summed E-state index contributed by atoms with van der Waals surface area (Å²) in [6, 6.07) is 14.4. The molecule has 0 fully saturated rings. The van der Waals surface area contributed by atoms with Crippen molar-refractivity contribution in [1.29, 1.82) is 0 Å². The van der Waals surface area contributed by atoms with Crippen molar-refractivity contribution in [3.05, 3.63) is 59.1 Å². The van der Waals surface area contributed by atoms with E-state index in [1.54, 1.807) is 30.5 Å². The van der Waals surface area contributed by atoms with Gasteiger partial charge in [0.1, 0.15) is 11.5 Å². The minimum atomic E-state index is -0.340. The number of unbranched alkanes of at least 4 members (excludes halogenated alkanes) is 3. The number of hydrazone groups is 1. The number of hydrogen-bond donors (Lipinski definition) is 1. The van der Waals surface area contributed by atoms with Crippen LogP contribution in [0.5, 0.6) is 11.5 Å². The van der Waals surface area contributed by atoms with Crippen LogP contribution in [0.2, 0.25) is 5.02 Å². The standard InChI is InChI=1S/C21H25ClN2O3/c1-2-3-4-5-14-26-19-10-6-17(7-11-19)15-23-24-21(25)16-27-20-12-8-18(22)9-13-20/h6-13,15H,2-5,14,16H2,1H3,(H,24,25)/b23-15+. The van der Waals surface area contributed by atoms with E-state index in [9.17, 15) is 4.79 Å². The van der Waals surface area contributed by atoms with Gasteiger partial charge in [0.2, 0.25) is 0 Å². The number of carbonyl (C=O) groups is 1. The van der Waals surface area contributed by atoms with Gasteiger partial charge in [-0.25, -0.2) is 5.43 Å². The van der Waals surface area contributed by atoms with Gasteiger partial charge >= 0.3 is 0 Å². The van der Waals surface area contributed by atoms with E-state index in [0.29, 0.717) is 10.8 Å². The molecule has 2 rings (SSSR count). The number of carbonyl (C=O) groups excluding carboxylic acids is 1. The molecule has 0 heterocycles. The third-order valence-corrected chi connectivity index (χ3v) is 3.99. The molecule has 0 aromatic heterocycles. The molecule has 2 aromatic rings. The van der Waals surface area contributed by atoms with Crippen molar-refractivity contribution in [1.82, 2.24) is 5.43 Å². The Hall–Kier alpha value is -2.53. The first kappa shape index (κ1) is 20.8. The maximum atomic E-state index is 11.7. The SMILES string of the molecule is CCCCCCOc1ccc(/C=N/NC(=O)COc2ccc(Cl)cc2)cc1. The molecule has 0 radical (unpaired) electrons. The van der Waals surface area contributed by atoms with Gasteiger partial charge in [-0.2, -0.15) is 5.10 Å². The second-order valence-electron chi connectivity index (χ2n) is 6.01. The highest BCUT2D eigenvalue weighted by molar-refractivity contribution is 6.30. The summed E-state index contributed by atoms with van der Waals surface area (Å²) in [7, 11) is 0. The van der Waals surface area contributed by atoms with Crippen LogP contribution in [0.1, 0.15) is 38.2 Å². The number of rotatable bonds is 11. The Morgan fingerprint density at radius 1 is 1.00 bits per heavy atom. The molecular weight excluding hydrogens is 364 g/mol. The van der Waals surface area contributed by atoms with Gasteiger partial charge in [-0.15, -0.1) is 0 Å². The van der Waals surface area contributed by atoms with Crippen molar-refractivity contribution in [3.63, 3.8) is 0 Å². The summed E-state index contributed by atoms with van der Waals surface area (Å²) < 4.78 is 11.0. The quantitative estimate of drug-likeness (QED) is 0.341. The van der Waals surface area contributed by atoms with Gasteiger partial charge in [-0.3, -0.25) is 4.79 Å². The van der Waals surface area contributed by atoms with E-state index in [1.165, 1.54) is 19.3 Å². The van der Waals surface area contributed by atoms with Crippen LogP contribution in [-0.4, -0.2) is 25.3 Å². The second kappa shape index (κ2) is 12.0. The lowest BCUT2D eigenvalue weighted by atomic mass is 10.2. The fourth-order valence-electron chi connectivity index (χ4n) is 2.26. The highest BCUT2D eigenvalue weighted by Crippen LogP contribution is 2.15. The average Bonchev–Trinajstić information content (AvgIpc) is 2.68. The summed E-state index contributed by atoms with van der Waals surface area (Å²) in [5, 5.41) is 4.54. The van der Waals surface area contributed by atoms with Crippen molar-refractivity contribution in [2.24, 2.45) is 5.10 Å². The molecule has 0 saturated heterocycles. The van der Waals surface area contributed by atoms with Gasteiger partial charge in [-0.1, -0.05) is 37.8 Å². The Bertz CT molecular complexity index is 715. The first-order valence-corrected chi connectivity index (χ1v) is 9.48. The Balaban J connectivity index is 1.67. The zero-order valence-electron chi connectivity index (χ0n) is 15.5. The predicted molar refractivity (Wildman–Crippen MR) is 109 cm³/mol. The molecule has 144 valence electrons. The van der Waals surface area contributed by atoms with Gasteiger partial charge in [0, 0.05) is 5.02 Å². The van der Waals surface area contributed by atoms with Crippen LogP contribution < -0.4 is 14.9 Å². The van der Waals surface area contributed by atoms with Crippen LogP contribution in [0.15, 0.2) is 53.6 Å². The minimum Gasteiger partial charge on any atom is -0.494 e. The molecule has 0 aliphatic heterocycles. The zero-order chi connectivity index (χ0) is 19.3. The van der Waals surface area contributed by atoms with Crippen LogP contribution >= 0.6 is 11.6 Å². The smallest absolute Gasteiger partial charge is 0.277 e. The average molecular weight is 389 g/mol. The molecule has 1 amide bonds. The summed E-state index contributed by atoms with van der Waals surface area (Å²) in [4.78, 5) is 11.7. The van der Waals surface area contributed by atoms with E-state index in [1.807, 2.05) is 24.3 Å². The maximum absolute atomic E-state index is 11.7. The van der Waals surface area contributed by atoms with Crippen LogP contribution in [0.4, 0.5) is 0 Å². The molecule has 5 nitrogen and oxygen atoms in total. The summed E-state index contributed by atoms with van der Waals surface area (Å²) in [5.74, 6) is 1.07. The van der Waals surface area contributed by atoms with E-state index < -0.39 is 0 Å². The van der Waals surface area contributed by atoms with Crippen molar-refractivity contribution >= 4 is 23.7 Å². The molecule has 1 N–H and O–H groups in total. The van der Waals surface area contributed by atoms with Gasteiger partial charge in [0.15, 0.2) is 6.61 Å². The number of nitrogens with one attached hydrogen (secondary N) is 1. The molecule has 6 heteroatoms. The third-order valence-electron chi connectivity index (χ3n) is 3.73. The molecule has 0 aliphatic rings. The van der Waals surface area contributed by atoms with Crippen LogP contribution in [0.3, 0.4) is 0 Å². The fraction of sp³-hybridized carbons (Fsp3) is 0.333. The monoisotopic (exact) mass is 388 g/mol. The molecule has 0 aliphatic carbocycles. The molecule has 27 heavy (non-hydrogen) atoms. The largest absolute Gasteiger partial charge is 0.494 e. The molecule has 2 aromatic carbocycles. The van der Waals surface area contributed by atoms with Crippen molar-refractivity contribution in [3.8, 4) is 11.5 Å². The normalized spacial score (nSPS) is 10.7. The first-order valence-electron chi connectivity index (χ1n) is 9.10. The van der Waals surface area contributed by atoms with Gasteiger partial charge in [-0.05, 0) is 60.5 Å². The topological polar surface area (TPSA) is 59.9 Å². The van der Waals surface area contributed by atoms with E-state index in [4.69, 9.17) is 21.1 Å². The lowest BCUT2D eigenvalue weighted by Gasteiger charge is -2.06. The number of halogens is 1.